The number of aryl methyl sites for hydroxylation is 2. The number of halogens is 4. The highest BCUT2D eigenvalue weighted by atomic mass is 35.5. The monoisotopic (exact) mass is 374 g/mol. The quantitative estimate of drug-likeness (QED) is 0.712. The van der Waals surface area contributed by atoms with Gasteiger partial charge in [0.15, 0.2) is 0 Å². The maximum absolute atomic E-state index is 13.3. The Morgan fingerprint density at radius 2 is 1.84 bits per heavy atom. The van der Waals surface area contributed by atoms with Crippen LogP contribution in [0.4, 0.5) is 13.2 Å². The van der Waals surface area contributed by atoms with Crippen molar-refractivity contribution in [1.82, 2.24) is 9.97 Å². The summed E-state index contributed by atoms with van der Waals surface area (Å²) in [6.45, 7) is 6.65. The van der Waals surface area contributed by atoms with Crippen LogP contribution in [0, 0.1) is 13.8 Å². The van der Waals surface area contributed by atoms with E-state index in [0.717, 1.165) is 6.07 Å². The Morgan fingerprint density at radius 1 is 1.16 bits per heavy atom. The lowest BCUT2D eigenvalue weighted by molar-refractivity contribution is -0.139. The molecule has 2 rings (SSSR count). The Bertz CT molecular complexity index is 766. The van der Waals surface area contributed by atoms with Crippen molar-refractivity contribution in [2.75, 3.05) is 6.61 Å². The van der Waals surface area contributed by atoms with Crippen molar-refractivity contribution in [3.8, 4) is 11.8 Å². The Labute approximate surface area is 149 Å². The lowest BCUT2D eigenvalue weighted by atomic mass is 10.1. The maximum atomic E-state index is 13.3. The predicted molar refractivity (Wildman–Crippen MR) is 88.2 cm³/mol. The molecule has 0 fully saturated rings. The molecule has 0 aliphatic carbocycles. The number of ether oxygens (including phenoxy) is 2. The van der Waals surface area contributed by atoms with E-state index in [1.807, 2.05) is 0 Å². The molecule has 0 aliphatic heterocycles. The molecular formula is C17H18ClF3N2O2. The number of pyridine rings is 2. The third kappa shape index (κ3) is 4.54. The van der Waals surface area contributed by atoms with Crippen LogP contribution in [-0.4, -0.2) is 16.6 Å². The second-order valence-electron chi connectivity index (χ2n) is 5.42. The van der Waals surface area contributed by atoms with Crippen LogP contribution in [0.25, 0.3) is 0 Å². The van der Waals surface area contributed by atoms with Gasteiger partial charge in [-0.15, -0.1) is 0 Å². The Kier molecular flexibility index (Phi) is 5.77. The molecule has 8 heteroatoms. The summed E-state index contributed by atoms with van der Waals surface area (Å²) >= 11 is 5.91. The van der Waals surface area contributed by atoms with E-state index in [1.54, 1.807) is 39.8 Å². The largest absolute Gasteiger partial charge is 0.478 e. The highest BCUT2D eigenvalue weighted by Gasteiger charge is 2.36. The van der Waals surface area contributed by atoms with Gasteiger partial charge < -0.3 is 9.47 Å². The zero-order valence-electron chi connectivity index (χ0n) is 14.2. The van der Waals surface area contributed by atoms with Crippen LogP contribution in [0.15, 0.2) is 18.2 Å². The molecule has 1 unspecified atom stereocenters. The summed E-state index contributed by atoms with van der Waals surface area (Å²) in [5.41, 5.74) is 0.356. The molecule has 0 bridgehead atoms. The minimum absolute atomic E-state index is 0.0922. The number of nitrogens with zero attached hydrogens (tertiary/aromatic N) is 2. The number of hydrogen-bond acceptors (Lipinski definition) is 4. The van der Waals surface area contributed by atoms with Crippen molar-refractivity contribution < 1.29 is 22.6 Å². The fraction of sp³-hybridized carbons (Fsp3) is 0.412. The summed E-state index contributed by atoms with van der Waals surface area (Å²) in [6, 6.07) is 4.20. The van der Waals surface area contributed by atoms with Gasteiger partial charge in [-0.2, -0.15) is 13.2 Å². The Morgan fingerprint density at radius 3 is 2.40 bits per heavy atom. The van der Waals surface area contributed by atoms with E-state index >= 15 is 0 Å². The van der Waals surface area contributed by atoms with Crippen molar-refractivity contribution in [2.45, 2.75) is 40.0 Å². The molecule has 0 amide bonds. The van der Waals surface area contributed by atoms with E-state index in [9.17, 15) is 13.2 Å². The zero-order valence-corrected chi connectivity index (χ0v) is 15.0. The van der Waals surface area contributed by atoms with E-state index < -0.39 is 23.7 Å². The van der Waals surface area contributed by atoms with Gasteiger partial charge in [-0.3, -0.25) is 0 Å². The summed E-state index contributed by atoms with van der Waals surface area (Å²) in [5.74, 6) is -0.153. The van der Waals surface area contributed by atoms with Crippen LogP contribution in [0.1, 0.15) is 42.5 Å². The molecule has 0 aliphatic rings. The van der Waals surface area contributed by atoms with Gasteiger partial charge in [0.25, 0.3) is 0 Å². The van der Waals surface area contributed by atoms with Gasteiger partial charge in [0, 0.05) is 17.3 Å². The van der Waals surface area contributed by atoms with Crippen molar-refractivity contribution in [1.29, 1.82) is 0 Å². The smallest absolute Gasteiger partial charge is 0.421 e. The second-order valence-corrected chi connectivity index (χ2v) is 5.83. The van der Waals surface area contributed by atoms with Gasteiger partial charge in [0.2, 0.25) is 11.8 Å². The predicted octanol–water partition coefficient (Wildman–Crippen LogP) is 5.30. The standard InChI is InChI=1S/C17H18ClF3N2O2/c1-5-24-16-13(17(19,20)21)8-12(9(2)23-16)11(4)25-15-7-6-14(18)10(3)22-15/h6-8,11H,5H2,1-4H3. The molecular weight excluding hydrogens is 357 g/mol. The molecule has 25 heavy (non-hydrogen) atoms. The molecule has 136 valence electrons. The average Bonchev–Trinajstić information content (AvgIpc) is 2.50. The van der Waals surface area contributed by atoms with Gasteiger partial charge in [0.05, 0.1) is 17.3 Å². The molecule has 4 nitrogen and oxygen atoms in total. The van der Waals surface area contributed by atoms with Crippen LogP contribution in [0.3, 0.4) is 0 Å². The third-order valence-electron chi connectivity index (χ3n) is 3.53. The molecule has 2 aromatic heterocycles. The van der Waals surface area contributed by atoms with Crippen molar-refractivity contribution in [3.05, 3.63) is 45.7 Å². The number of hydrogen-bond donors (Lipinski definition) is 0. The fourth-order valence-electron chi connectivity index (χ4n) is 2.29. The lowest BCUT2D eigenvalue weighted by Crippen LogP contribution is -2.15. The van der Waals surface area contributed by atoms with Gasteiger partial charge >= 0.3 is 6.18 Å². The van der Waals surface area contributed by atoms with Crippen LogP contribution in [-0.2, 0) is 6.18 Å². The first-order valence-electron chi connectivity index (χ1n) is 7.64. The molecule has 0 spiro atoms. The van der Waals surface area contributed by atoms with Gasteiger partial charge in [-0.25, -0.2) is 9.97 Å². The summed E-state index contributed by atoms with van der Waals surface area (Å²) in [6.07, 6.45) is -5.26. The van der Waals surface area contributed by atoms with Gasteiger partial charge in [-0.05, 0) is 39.8 Å². The first-order valence-corrected chi connectivity index (χ1v) is 8.02. The second kappa shape index (κ2) is 7.47. The topological polar surface area (TPSA) is 44.2 Å². The number of aromatic nitrogens is 2. The summed E-state index contributed by atoms with van der Waals surface area (Å²) < 4.78 is 50.5. The van der Waals surface area contributed by atoms with E-state index in [1.165, 1.54) is 0 Å². The van der Waals surface area contributed by atoms with Crippen LogP contribution in [0.5, 0.6) is 11.8 Å². The maximum Gasteiger partial charge on any atom is 0.421 e. The van der Waals surface area contributed by atoms with Crippen LogP contribution >= 0.6 is 11.6 Å². The SMILES string of the molecule is CCOc1nc(C)c(C(C)Oc2ccc(Cl)c(C)n2)cc1C(F)(F)F. The highest BCUT2D eigenvalue weighted by Crippen LogP contribution is 2.38. The molecule has 0 radical (unpaired) electrons. The lowest BCUT2D eigenvalue weighted by Gasteiger charge is -2.20. The van der Waals surface area contributed by atoms with Crippen molar-refractivity contribution in [3.63, 3.8) is 0 Å². The minimum atomic E-state index is -4.57. The first kappa shape index (κ1) is 19.3. The summed E-state index contributed by atoms with van der Waals surface area (Å²) in [4.78, 5) is 8.12. The molecule has 0 aromatic carbocycles. The fourth-order valence-corrected chi connectivity index (χ4v) is 2.40. The first-order chi connectivity index (χ1) is 11.6. The Hall–Kier alpha value is -2.02. The summed E-state index contributed by atoms with van der Waals surface area (Å²) in [7, 11) is 0. The number of rotatable bonds is 5. The minimum Gasteiger partial charge on any atom is -0.478 e. The molecule has 0 N–H and O–H groups in total. The molecule has 0 saturated carbocycles. The number of alkyl halides is 3. The summed E-state index contributed by atoms with van der Waals surface area (Å²) in [5, 5.41) is 0.485. The van der Waals surface area contributed by atoms with Gasteiger partial charge in [0.1, 0.15) is 11.7 Å². The van der Waals surface area contributed by atoms with E-state index in [2.05, 4.69) is 9.97 Å². The van der Waals surface area contributed by atoms with E-state index in [4.69, 9.17) is 21.1 Å². The molecule has 2 aromatic rings. The average molecular weight is 375 g/mol. The zero-order chi connectivity index (χ0) is 18.8. The van der Waals surface area contributed by atoms with E-state index in [0.29, 0.717) is 22.0 Å². The van der Waals surface area contributed by atoms with Crippen molar-refractivity contribution >= 4 is 11.6 Å². The molecule has 0 saturated heterocycles. The van der Waals surface area contributed by atoms with Crippen LogP contribution in [0.2, 0.25) is 5.02 Å². The Balaban J connectivity index is 2.38. The normalized spacial score (nSPS) is 12.8. The van der Waals surface area contributed by atoms with Crippen molar-refractivity contribution in [2.24, 2.45) is 0 Å². The molecule has 2 heterocycles. The highest BCUT2D eigenvalue weighted by molar-refractivity contribution is 6.31. The van der Waals surface area contributed by atoms with Crippen LogP contribution < -0.4 is 9.47 Å². The molecule has 1 atom stereocenters. The van der Waals surface area contributed by atoms with E-state index in [-0.39, 0.29) is 12.5 Å². The third-order valence-corrected chi connectivity index (χ3v) is 3.93. The van der Waals surface area contributed by atoms with Gasteiger partial charge in [-0.1, -0.05) is 11.6 Å².